The first kappa shape index (κ1) is 64.8. The molecule has 0 heterocycles. The maximum absolute atomic E-state index is 12.6. The first-order chi connectivity index (χ1) is 32.3. The molecule has 0 radical (unpaired) electrons. The molecular weight excluding hydrogens is 844 g/mol. The lowest BCUT2D eigenvalue weighted by atomic mass is 10.0. The molecule has 392 valence electrons. The van der Waals surface area contributed by atoms with Gasteiger partial charge in [0.15, 0.2) is 6.10 Å². The van der Waals surface area contributed by atoms with Crippen molar-refractivity contribution in [1.29, 1.82) is 0 Å². The Hall–Kier alpha value is -1.21. The van der Waals surface area contributed by atoms with Crippen molar-refractivity contribution in [3.05, 3.63) is 12.2 Å². The van der Waals surface area contributed by atoms with Gasteiger partial charge in [0.05, 0.1) is 6.61 Å². The smallest absolute Gasteiger partial charge is 0.462 e. The van der Waals surface area contributed by atoms with Gasteiger partial charge in [-0.2, -0.15) is 0 Å². The molecule has 1 N–H and O–H groups in total. The average Bonchev–Trinajstić information content (AvgIpc) is 3.31. The van der Waals surface area contributed by atoms with Crippen molar-refractivity contribution in [3.8, 4) is 0 Å². The second-order valence-electron chi connectivity index (χ2n) is 19.8. The summed E-state index contributed by atoms with van der Waals surface area (Å²) < 4.78 is 32.3. The van der Waals surface area contributed by atoms with Gasteiger partial charge in [0.25, 0.3) is 0 Å². The minimum Gasteiger partial charge on any atom is -0.462 e. The Morgan fingerprint density at radius 2 is 0.682 bits per heavy atom. The number of ether oxygens (including phenoxy) is 2. The van der Waals surface area contributed by atoms with Crippen LogP contribution in [0.4, 0.5) is 0 Å². The van der Waals surface area contributed by atoms with Crippen LogP contribution in [0, 0.1) is 0 Å². The summed E-state index contributed by atoms with van der Waals surface area (Å²) in [6.07, 6.45) is 63.0. The summed E-state index contributed by atoms with van der Waals surface area (Å²) in [5, 5.41) is 0. The number of phosphoric ester groups is 1. The summed E-state index contributed by atoms with van der Waals surface area (Å²) in [5.41, 5.74) is 0. The Labute approximate surface area is 410 Å². The Balaban J connectivity index is 3.79. The first-order valence-corrected chi connectivity index (χ1v) is 30.4. The molecule has 2 atom stereocenters. The zero-order valence-corrected chi connectivity index (χ0v) is 45.0. The molecular formula is C57H111O8P. The molecule has 0 aliphatic rings. The fourth-order valence-electron chi connectivity index (χ4n) is 8.84. The standard InChI is InChI=1S/C57H111O8P/c1-4-6-8-10-12-14-16-18-20-22-24-26-28-30-31-33-35-37-39-41-43-45-47-49-51-56(58)63-53-55(54-64-66(60,61)62-3)65-57(59)52-50-48-46-44-42-40-38-36-34-32-29-27-25-23-21-19-17-15-13-11-9-7-5-2/h23,25,55H,4-22,24,26-54H2,1-3H3,(H,60,61)/b25-23-. The van der Waals surface area contributed by atoms with Crippen molar-refractivity contribution < 1.29 is 37.6 Å². The van der Waals surface area contributed by atoms with E-state index >= 15 is 0 Å². The molecule has 0 bridgehead atoms. The van der Waals surface area contributed by atoms with Crippen molar-refractivity contribution >= 4 is 19.8 Å². The SMILES string of the molecule is CCCCCCCCCC/C=C\CCCCCCCCCCCCCC(=O)OC(COC(=O)CCCCCCCCCCCCCCCCCCCCCCCCCC)COP(=O)(O)OC. The number of allylic oxidation sites excluding steroid dienone is 2. The van der Waals surface area contributed by atoms with Gasteiger partial charge in [-0.1, -0.05) is 276 Å². The quantitative estimate of drug-likeness (QED) is 0.0278. The third-order valence-electron chi connectivity index (χ3n) is 13.3. The topological polar surface area (TPSA) is 108 Å². The Kier molecular flexibility index (Phi) is 52.2. The van der Waals surface area contributed by atoms with Gasteiger partial charge in [-0.25, -0.2) is 4.57 Å². The molecule has 0 aromatic heterocycles. The van der Waals surface area contributed by atoms with Crippen LogP contribution in [0.15, 0.2) is 12.2 Å². The van der Waals surface area contributed by atoms with Gasteiger partial charge in [-0.05, 0) is 38.5 Å². The third kappa shape index (κ3) is 52.2. The highest BCUT2D eigenvalue weighted by atomic mass is 31.2. The monoisotopic (exact) mass is 955 g/mol. The molecule has 0 spiro atoms. The molecule has 0 rings (SSSR count). The maximum atomic E-state index is 12.6. The van der Waals surface area contributed by atoms with Gasteiger partial charge < -0.3 is 14.4 Å². The van der Waals surface area contributed by atoms with Crippen LogP contribution in [0.5, 0.6) is 0 Å². The molecule has 0 aromatic carbocycles. The molecule has 0 aliphatic heterocycles. The second kappa shape index (κ2) is 53.1. The van der Waals surface area contributed by atoms with Crippen LogP contribution in [-0.2, 0) is 32.7 Å². The zero-order chi connectivity index (χ0) is 48.1. The highest BCUT2D eigenvalue weighted by Gasteiger charge is 2.25. The molecule has 0 aromatic rings. The number of esters is 2. The lowest BCUT2D eigenvalue weighted by Crippen LogP contribution is -2.29. The molecule has 66 heavy (non-hydrogen) atoms. The second-order valence-corrected chi connectivity index (χ2v) is 21.3. The van der Waals surface area contributed by atoms with Crippen molar-refractivity contribution in [2.75, 3.05) is 20.3 Å². The van der Waals surface area contributed by atoms with E-state index in [2.05, 4.69) is 30.5 Å². The summed E-state index contributed by atoms with van der Waals surface area (Å²) in [6.45, 7) is 3.96. The number of carbonyl (C=O) groups is 2. The summed E-state index contributed by atoms with van der Waals surface area (Å²) in [7, 11) is -3.19. The van der Waals surface area contributed by atoms with Crippen LogP contribution < -0.4 is 0 Å². The number of unbranched alkanes of at least 4 members (excludes halogenated alkanes) is 42. The maximum Gasteiger partial charge on any atom is 0.472 e. The minimum atomic E-state index is -4.27. The van der Waals surface area contributed by atoms with Gasteiger partial charge in [-0.15, -0.1) is 0 Å². The van der Waals surface area contributed by atoms with Gasteiger partial charge in [0.2, 0.25) is 0 Å². The lowest BCUT2D eigenvalue weighted by molar-refractivity contribution is -0.161. The summed E-state index contributed by atoms with van der Waals surface area (Å²) in [6, 6.07) is 0. The fraction of sp³-hybridized carbons (Fsp3) is 0.930. The predicted octanol–water partition coefficient (Wildman–Crippen LogP) is 19.1. The lowest BCUT2D eigenvalue weighted by Gasteiger charge is -2.19. The highest BCUT2D eigenvalue weighted by molar-refractivity contribution is 7.47. The van der Waals surface area contributed by atoms with E-state index in [9.17, 15) is 19.0 Å². The average molecular weight is 955 g/mol. The molecule has 2 unspecified atom stereocenters. The number of hydrogen-bond acceptors (Lipinski definition) is 7. The van der Waals surface area contributed by atoms with Gasteiger partial charge in [0.1, 0.15) is 6.61 Å². The summed E-state index contributed by atoms with van der Waals surface area (Å²) in [4.78, 5) is 34.8. The Morgan fingerprint density at radius 1 is 0.409 bits per heavy atom. The fourth-order valence-corrected chi connectivity index (χ4v) is 9.30. The largest absolute Gasteiger partial charge is 0.472 e. The minimum absolute atomic E-state index is 0.218. The van der Waals surface area contributed by atoms with Crippen molar-refractivity contribution in [2.24, 2.45) is 0 Å². The van der Waals surface area contributed by atoms with Gasteiger partial charge in [-0.3, -0.25) is 18.6 Å². The number of carbonyl (C=O) groups excluding carboxylic acids is 2. The van der Waals surface area contributed by atoms with Crippen LogP contribution in [0.25, 0.3) is 0 Å². The van der Waals surface area contributed by atoms with Crippen LogP contribution in [0.1, 0.15) is 316 Å². The van der Waals surface area contributed by atoms with Crippen molar-refractivity contribution in [2.45, 2.75) is 322 Å². The van der Waals surface area contributed by atoms with E-state index in [-0.39, 0.29) is 19.0 Å². The molecule has 0 saturated heterocycles. The van der Waals surface area contributed by atoms with Crippen molar-refractivity contribution in [3.63, 3.8) is 0 Å². The predicted molar refractivity (Wildman–Crippen MR) is 281 cm³/mol. The first-order valence-electron chi connectivity index (χ1n) is 28.9. The zero-order valence-electron chi connectivity index (χ0n) is 44.1. The van der Waals surface area contributed by atoms with Crippen molar-refractivity contribution in [1.82, 2.24) is 0 Å². The number of phosphoric acid groups is 1. The van der Waals surface area contributed by atoms with E-state index in [1.54, 1.807) is 0 Å². The molecule has 8 nitrogen and oxygen atoms in total. The van der Waals surface area contributed by atoms with Crippen LogP contribution >= 0.6 is 7.82 Å². The molecule has 9 heteroatoms. The Bertz CT molecular complexity index is 1080. The van der Waals surface area contributed by atoms with Crippen LogP contribution in [-0.4, -0.2) is 43.3 Å². The highest BCUT2D eigenvalue weighted by Crippen LogP contribution is 2.42. The van der Waals surface area contributed by atoms with Crippen LogP contribution in [0.3, 0.4) is 0 Å². The molecule has 0 aliphatic carbocycles. The number of rotatable bonds is 55. The van der Waals surface area contributed by atoms with Gasteiger partial charge >= 0.3 is 19.8 Å². The van der Waals surface area contributed by atoms with E-state index in [4.69, 9.17) is 14.0 Å². The summed E-state index contributed by atoms with van der Waals surface area (Å²) in [5.74, 6) is -0.783. The van der Waals surface area contributed by atoms with E-state index in [1.807, 2.05) is 0 Å². The van der Waals surface area contributed by atoms with E-state index in [0.29, 0.717) is 6.42 Å². The number of hydrogen-bond donors (Lipinski definition) is 1. The third-order valence-corrected chi connectivity index (χ3v) is 14.2. The molecule has 0 fully saturated rings. The van der Waals surface area contributed by atoms with Crippen LogP contribution in [0.2, 0.25) is 0 Å². The normalized spacial score (nSPS) is 13.1. The van der Waals surface area contributed by atoms with E-state index in [0.717, 1.165) is 45.6 Å². The van der Waals surface area contributed by atoms with Gasteiger partial charge in [0, 0.05) is 20.0 Å². The molecule has 0 saturated carbocycles. The molecule has 0 amide bonds. The Morgan fingerprint density at radius 3 is 0.985 bits per heavy atom. The summed E-state index contributed by atoms with van der Waals surface area (Å²) >= 11 is 0. The van der Waals surface area contributed by atoms with E-state index < -0.39 is 26.5 Å². The van der Waals surface area contributed by atoms with E-state index in [1.165, 1.54) is 250 Å².